The van der Waals surface area contributed by atoms with E-state index in [0.29, 0.717) is 5.82 Å². The van der Waals surface area contributed by atoms with E-state index in [1.807, 2.05) is 0 Å². The van der Waals surface area contributed by atoms with Gasteiger partial charge in [-0.2, -0.15) is 18.4 Å². The zero-order valence-corrected chi connectivity index (χ0v) is 13.2. The largest absolute Gasteiger partial charge is 0.417 e. The Morgan fingerprint density at radius 2 is 2.04 bits per heavy atom. The number of nitrogens with one attached hydrogen (secondary N) is 1. The highest BCUT2D eigenvalue weighted by atomic mass is 19.4. The smallest absolute Gasteiger partial charge is 0.383 e. The van der Waals surface area contributed by atoms with Crippen molar-refractivity contribution in [2.24, 2.45) is 0 Å². The molecule has 0 radical (unpaired) electrons. The number of alkyl halides is 3. The molecule has 2 rings (SSSR count). The third-order valence-electron chi connectivity index (χ3n) is 3.43. The fourth-order valence-electron chi connectivity index (χ4n) is 2.31. The van der Waals surface area contributed by atoms with Crippen molar-refractivity contribution < 1.29 is 18.0 Å². The molecule has 3 N–H and O–H groups in total. The van der Waals surface area contributed by atoms with Gasteiger partial charge >= 0.3 is 6.18 Å². The molecule has 11 heteroatoms. The average molecular weight is 343 g/mol. The van der Waals surface area contributed by atoms with Crippen molar-refractivity contribution in [1.82, 2.24) is 30.5 Å². The molecule has 0 unspecified atom stereocenters. The number of carbonyl (C=O) groups excluding carboxylic acids is 1. The predicted molar refractivity (Wildman–Crippen MR) is 77.8 cm³/mol. The van der Waals surface area contributed by atoms with Crippen LogP contribution in [0.4, 0.5) is 19.0 Å². The number of pyridine rings is 1. The first-order chi connectivity index (χ1) is 11.0. The molecule has 130 valence electrons. The van der Waals surface area contributed by atoms with Gasteiger partial charge in [-0.05, 0) is 6.07 Å². The lowest BCUT2D eigenvalue weighted by Gasteiger charge is -2.28. The van der Waals surface area contributed by atoms with E-state index < -0.39 is 34.4 Å². The van der Waals surface area contributed by atoms with Gasteiger partial charge in [0, 0.05) is 25.2 Å². The van der Waals surface area contributed by atoms with E-state index in [-0.39, 0.29) is 6.54 Å². The summed E-state index contributed by atoms with van der Waals surface area (Å²) in [6, 6.07) is 0.724. The summed E-state index contributed by atoms with van der Waals surface area (Å²) < 4.78 is 39.4. The molecule has 2 aromatic heterocycles. The fourth-order valence-corrected chi connectivity index (χ4v) is 2.31. The average Bonchev–Trinajstić information content (AvgIpc) is 3.00. The SMILES string of the molecule is CN(CC(C)(C)c1nn[nH]n1)C(=O)c1c(C(F)(F)F)ccnc1N. The first-order valence-corrected chi connectivity index (χ1v) is 6.85. The van der Waals surface area contributed by atoms with E-state index in [2.05, 4.69) is 25.6 Å². The number of halogens is 3. The van der Waals surface area contributed by atoms with Crippen LogP contribution in [-0.4, -0.2) is 50.0 Å². The third-order valence-corrected chi connectivity index (χ3v) is 3.43. The molecule has 0 saturated carbocycles. The molecule has 2 aromatic rings. The number of H-pyrrole nitrogens is 1. The van der Waals surface area contributed by atoms with Crippen molar-refractivity contribution in [2.45, 2.75) is 25.4 Å². The van der Waals surface area contributed by atoms with Crippen molar-refractivity contribution >= 4 is 11.7 Å². The van der Waals surface area contributed by atoms with Crippen LogP contribution >= 0.6 is 0 Å². The molecular weight excluding hydrogens is 327 g/mol. The van der Waals surface area contributed by atoms with E-state index in [9.17, 15) is 18.0 Å². The second-order valence-corrected chi connectivity index (χ2v) is 5.90. The van der Waals surface area contributed by atoms with E-state index in [4.69, 9.17) is 5.73 Å². The van der Waals surface area contributed by atoms with Crippen LogP contribution < -0.4 is 5.73 Å². The normalized spacial score (nSPS) is 12.2. The number of aromatic nitrogens is 5. The zero-order chi connectivity index (χ0) is 18.1. The molecule has 0 spiro atoms. The van der Waals surface area contributed by atoms with Crippen LogP contribution in [0.3, 0.4) is 0 Å². The van der Waals surface area contributed by atoms with E-state index in [0.717, 1.165) is 17.2 Å². The van der Waals surface area contributed by atoms with Gasteiger partial charge in [-0.3, -0.25) is 4.79 Å². The second kappa shape index (κ2) is 6.06. The number of anilines is 1. The monoisotopic (exact) mass is 343 g/mol. The summed E-state index contributed by atoms with van der Waals surface area (Å²) in [5.41, 5.74) is 3.00. The summed E-state index contributed by atoms with van der Waals surface area (Å²) in [7, 11) is 1.37. The van der Waals surface area contributed by atoms with Gasteiger partial charge in [-0.25, -0.2) is 4.98 Å². The molecule has 0 aliphatic heterocycles. The predicted octanol–water partition coefficient (Wildman–Crippen LogP) is 1.25. The van der Waals surface area contributed by atoms with Crippen LogP contribution in [0.25, 0.3) is 0 Å². The second-order valence-electron chi connectivity index (χ2n) is 5.90. The minimum absolute atomic E-state index is 0.0526. The number of nitrogens with two attached hydrogens (primary N) is 1. The van der Waals surface area contributed by atoms with Gasteiger partial charge < -0.3 is 10.6 Å². The van der Waals surface area contributed by atoms with Gasteiger partial charge in [-0.1, -0.05) is 19.1 Å². The molecule has 0 aromatic carbocycles. The number of rotatable bonds is 4. The summed E-state index contributed by atoms with van der Waals surface area (Å²) in [5, 5.41) is 13.4. The van der Waals surface area contributed by atoms with Crippen molar-refractivity contribution in [3.63, 3.8) is 0 Å². The Bertz CT molecular complexity index is 728. The summed E-state index contributed by atoms with van der Waals surface area (Å²) in [5.74, 6) is -1.03. The molecule has 0 aliphatic rings. The van der Waals surface area contributed by atoms with Crippen molar-refractivity contribution in [3.8, 4) is 0 Å². The Balaban J connectivity index is 2.32. The molecule has 2 heterocycles. The van der Waals surface area contributed by atoms with Crippen LogP contribution in [0.5, 0.6) is 0 Å². The number of aromatic amines is 1. The molecule has 1 amide bonds. The number of hydrogen-bond acceptors (Lipinski definition) is 6. The number of nitrogens with zero attached hydrogens (tertiary/aromatic N) is 5. The zero-order valence-electron chi connectivity index (χ0n) is 13.2. The molecule has 0 aliphatic carbocycles. The fraction of sp³-hybridized carbons (Fsp3) is 0.462. The Hall–Kier alpha value is -2.72. The maximum Gasteiger partial charge on any atom is 0.417 e. The lowest BCUT2D eigenvalue weighted by Crippen LogP contribution is -2.40. The summed E-state index contributed by atoms with van der Waals surface area (Å²) in [6.45, 7) is 3.52. The molecule has 0 fully saturated rings. The van der Waals surface area contributed by atoms with Gasteiger partial charge in [0.15, 0.2) is 5.82 Å². The topological polar surface area (TPSA) is 114 Å². The number of carbonyl (C=O) groups is 1. The number of tetrazole rings is 1. The quantitative estimate of drug-likeness (QED) is 0.863. The molecule has 0 bridgehead atoms. The highest BCUT2D eigenvalue weighted by molar-refractivity contribution is 5.99. The minimum atomic E-state index is -4.72. The van der Waals surface area contributed by atoms with E-state index in [1.54, 1.807) is 13.8 Å². The van der Waals surface area contributed by atoms with E-state index in [1.165, 1.54) is 7.05 Å². The molecule has 0 atom stereocenters. The lowest BCUT2D eigenvalue weighted by atomic mass is 9.91. The van der Waals surface area contributed by atoms with Gasteiger partial charge in [0.2, 0.25) is 0 Å². The van der Waals surface area contributed by atoms with Crippen LogP contribution in [0.1, 0.15) is 35.6 Å². The van der Waals surface area contributed by atoms with Gasteiger partial charge in [0.25, 0.3) is 5.91 Å². The molecular formula is C13H16F3N7O. The number of likely N-dealkylation sites (N-methyl/N-ethyl adjacent to an activating group) is 1. The third kappa shape index (κ3) is 3.44. The van der Waals surface area contributed by atoms with Gasteiger partial charge in [0.05, 0.1) is 11.1 Å². The van der Waals surface area contributed by atoms with Crippen molar-refractivity contribution in [2.75, 3.05) is 19.3 Å². The Labute approximate surface area is 135 Å². The summed E-state index contributed by atoms with van der Waals surface area (Å²) in [6.07, 6.45) is -3.80. The number of hydrogen-bond donors (Lipinski definition) is 2. The first kappa shape index (κ1) is 17.6. The Morgan fingerprint density at radius 1 is 1.38 bits per heavy atom. The maximum atomic E-state index is 13.1. The minimum Gasteiger partial charge on any atom is -0.383 e. The van der Waals surface area contributed by atoms with Crippen molar-refractivity contribution in [1.29, 1.82) is 0 Å². The summed E-state index contributed by atoms with van der Waals surface area (Å²) in [4.78, 5) is 17.2. The highest BCUT2D eigenvalue weighted by Gasteiger charge is 2.38. The maximum absolute atomic E-state index is 13.1. The summed E-state index contributed by atoms with van der Waals surface area (Å²) >= 11 is 0. The van der Waals surface area contributed by atoms with Crippen LogP contribution in [0.15, 0.2) is 12.3 Å². The standard InChI is InChI=1S/C13H16F3N7O/c1-12(2,11-19-21-22-20-11)6-23(3)10(24)8-7(13(14,15)16)4-5-18-9(8)17/h4-5H,6H2,1-3H3,(H2,17,18)(H,19,20,21,22). The first-order valence-electron chi connectivity index (χ1n) is 6.85. The molecule has 8 nitrogen and oxygen atoms in total. The van der Waals surface area contributed by atoms with Crippen molar-refractivity contribution in [3.05, 3.63) is 29.2 Å². The Kier molecular flexibility index (Phi) is 4.45. The van der Waals surface area contributed by atoms with E-state index >= 15 is 0 Å². The van der Waals surface area contributed by atoms with Gasteiger partial charge in [-0.15, -0.1) is 10.2 Å². The number of amides is 1. The van der Waals surface area contributed by atoms with Crippen LogP contribution in [-0.2, 0) is 11.6 Å². The lowest BCUT2D eigenvalue weighted by molar-refractivity contribution is -0.138. The molecule has 0 saturated heterocycles. The molecule has 24 heavy (non-hydrogen) atoms. The Morgan fingerprint density at radius 3 is 2.58 bits per heavy atom. The highest BCUT2D eigenvalue weighted by Crippen LogP contribution is 2.34. The van der Waals surface area contributed by atoms with Crippen LogP contribution in [0.2, 0.25) is 0 Å². The van der Waals surface area contributed by atoms with Gasteiger partial charge in [0.1, 0.15) is 5.82 Å². The van der Waals surface area contributed by atoms with Crippen LogP contribution in [0, 0.1) is 0 Å². The number of nitrogen functional groups attached to an aromatic ring is 1.